The van der Waals surface area contributed by atoms with E-state index in [1.54, 1.807) is 11.3 Å². The Bertz CT molecular complexity index is 304. The molecule has 4 heteroatoms. The van der Waals surface area contributed by atoms with Gasteiger partial charge in [0.25, 0.3) is 0 Å². The van der Waals surface area contributed by atoms with Crippen molar-refractivity contribution < 1.29 is 0 Å². The zero-order valence-electron chi connectivity index (χ0n) is 9.59. The highest BCUT2D eigenvalue weighted by Gasteiger charge is 2.11. The number of hydrogen-bond acceptors (Lipinski definition) is 3. The summed E-state index contributed by atoms with van der Waals surface area (Å²) in [5, 5.41) is 1.22. The van der Waals surface area contributed by atoms with Gasteiger partial charge in [0.1, 0.15) is 0 Å². The number of thiophene rings is 1. The molecular formula is C11H19ClN2S. The van der Waals surface area contributed by atoms with E-state index in [2.05, 4.69) is 31.9 Å². The van der Waals surface area contributed by atoms with Crippen LogP contribution in [0.2, 0.25) is 4.34 Å². The van der Waals surface area contributed by atoms with Crippen molar-refractivity contribution in [2.45, 2.75) is 32.2 Å². The van der Waals surface area contributed by atoms with Gasteiger partial charge in [-0.1, -0.05) is 11.6 Å². The van der Waals surface area contributed by atoms with Crippen LogP contribution in [0.1, 0.15) is 26.7 Å². The third-order valence-electron chi connectivity index (χ3n) is 2.25. The molecule has 2 nitrogen and oxygen atoms in total. The van der Waals surface area contributed by atoms with Crippen molar-refractivity contribution in [2.75, 3.05) is 18.5 Å². The SMILES string of the molecule is CN(CCCC(C)(C)N)c1ccc(Cl)s1. The van der Waals surface area contributed by atoms with Gasteiger partial charge in [0.15, 0.2) is 0 Å². The number of nitrogens with zero attached hydrogens (tertiary/aromatic N) is 1. The Balaban J connectivity index is 2.34. The fourth-order valence-electron chi connectivity index (χ4n) is 1.39. The lowest BCUT2D eigenvalue weighted by atomic mass is 10.0. The van der Waals surface area contributed by atoms with Crippen LogP contribution in [0, 0.1) is 0 Å². The summed E-state index contributed by atoms with van der Waals surface area (Å²) in [5.41, 5.74) is 5.87. The number of hydrogen-bond donors (Lipinski definition) is 1. The van der Waals surface area contributed by atoms with Crippen LogP contribution in [-0.2, 0) is 0 Å². The van der Waals surface area contributed by atoms with Gasteiger partial charge >= 0.3 is 0 Å². The van der Waals surface area contributed by atoms with Gasteiger partial charge in [-0.15, -0.1) is 11.3 Å². The van der Waals surface area contributed by atoms with Crippen LogP contribution in [0.3, 0.4) is 0 Å². The fourth-order valence-corrected chi connectivity index (χ4v) is 2.41. The third kappa shape index (κ3) is 4.87. The topological polar surface area (TPSA) is 29.3 Å². The zero-order valence-corrected chi connectivity index (χ0v) is 11.2. The average molecular weight is 247 g/mol. The molecule has 0 atom stereocenters. The summed E-state index contributed by atoms with van der Waals surface area (Å²) in [7, 11) is 2.09. The van der Waals surface area contributed by atoms with Gasteiger partial charge in [0.05, 0.1) is 9.34 Å². The zero-order chi connectivity index (χ0) is 11.5. The molecule has 2 N–H and O–H groups in total. The molecule has 0 fully saturated rings. The second-order valence-corrected chi connectivity index (χ2v) is 6.28. The molecule has 1 heterocycles. The van der Waals surface area contributed by atoms with Gasteiger partial charge in [-0.2, -0.15) is 0 Å². The molecule has 1 rings (SSSR count). The van der Waals surface area contributed by atoms with Crippen molar-refractivity contribution in [2.24, 2.45) is 5.73 Å². The molecule has 0 aliphatic rings. The van der Waals surface area contributed by atoms with Crippen LogP contribution >= 0.6 is 22.9 Å². The molecule has 0 saturated heterocycles. The van der Waals surface area contributed by atoms with E-state index in [1.807, 2.05) is 6.07 Å². The van der Waals surface area contributed by atoms with Crippen molar-refractivity contribution >= 4 is 27.9 Å². The molecule has 0 radical (unpaired) electrons. The normalized spacial score (nSPS) is 11.8. The molecule has 0 saturated carbocycles. The van der Waals surface area contributed by atoms with Gasteiger partial charge in [0, 0.05) is 19.1 Å². The first kappa shape index (κ1) is 12.8. The number of rotatable bonds is 5. The van der Waals surface area contributed by atoms with Gasteiger partial charge in [-0.05, 0) is 38.8 Å². The van der Waals surface area contributed by atoms with E-state index < -0.39 is 0 Å². The van der Waals surface area contributed by atoms with Crippen molar-refractivity contribution in [3.63, 3.8) is 0 Å². The average Bonchev–Trinajstić information content (AvgIpc) is 2.49. The number of anilines is 1. The maximum Gasteiger partial charge on any atom is 0.0950 e. The van der Waals surface area contributed by atoms with E-state index in [0.29, 0.717) is 0 Å². The minimum absolute atomic E-state index is 0.0616. The quantitative estimate of drug-likeness (QED) is 0.863. The Morgan fingerprint density at radius 1 is 1.47 bits per heavy atom. The van der Waals surface area contributed by atoms with Gasteiger partial charge in [-0.3, -0.25) is 0 Å². The minimum atomic E-state index is -0.0616. The fraction of sp³-hybridized carbons (Fsp3) is 0.636. The molecule has 1 aromatic heterocycles. The predicted molar refractivity (Wildman–Crippen MR) is 70.1 cm³/mol. The van der Waals surface area contributed by atoms with Gasteiger partial charge < -0.3 is 10.6 Å². The Morgan fingerprint density at radius 2 is 2.13 bits per heavy atom. The second kappa shape index (κ2) is 5.19. The van der Waals surface area contributed by atoms with E-state index in [1.165, 1.54) is 5.00 Å². The Morgan fingerprint density at radius 3 is 2.60 bits per heavy atom. The van der Waals surface area contributed by atoms with Crippen molar-refractivity contribution in [1.29, 1.82) is 0 Å². The highest BCUT2D eigenvalue weighted by molar-refractivity contribution is 7.19. The Labute approximate surface area is 101 Å². The van der Waals surface area contributed by atoms with Crippen molar-refractivity contribution in [1.82, 2.24) is 0 Å². The summed E-state index contributed by atoms with van der Waals surface area (Å²) >= 11 is 7.50. The van der Waals surface area contributed by atoms with Crippen LogP contribution in [-0.4, -0.2) is 19.1 Å². The monoisotopic (exact) mass is 246 g/mol. The van der Waals surface area contributed by atoms with E-state index in [4.69, 9.17) is 17.3 Å². The predicted octanol–water partition coefficient (Wildman–Crippen LogP) is 3.36. The standard InChI is InChI=1S/C11H19ClN2S/c1-11(2,13)7-4-8-14(3)10-6-5-9(12)15-10/h5-6H,4,7-8,13H2,1-3H3. The lowest BCUT2D eigenvalue weighted by molar-refractivity contribution is 0.460. The van der Waals surface area contributed by atoms with Gasteiger partial charge in [0.2, 0.25) is 0 Å². The first-order valence-corrected chi connectivity index (χ1v) is 6.33. The summed E-state index contributed by atoms with van der Waals surface area (Å²) in [4.78, 5) is 2.22. The molecule has 0 amide bonds. The van der Waals surface area contributed by atoms with Crippen molar-refractivity contribution in [3.8, 4) is 0 Å². The van der Waals surface area contributed by atoms with E-state index in [-0.39, 0.29) is 5.54 Å². The summed E-state index contributed by atoms with van der Waals surface area (Å²) in [6.45, 7) is 5.15. The molecule has 0 unspecified atom stereocenters. The summed E-state index contributed by atoms with van der Waals surface area (Å²) in [6.07, 6.45) is 2.14. The highest BCUT2D eigenvalue weighted by atomic mass is 35.5. The van der Waals surface area contributed by atoms with E-state index in [9.17, 15) is 0 Å². The van der Waals surface area contributed by atoms with Crippen molar-refractivity contribution in [3.05, 3.63) is 16.5 Å². The maximum atomic E-state index is 5.93. The molecule has 0 spiro atoms. The molecule has 86 valence electrons. The lowest BCUT2D eigenvalue weighted by Gasteiger charge is -2.21. The smallest absolute Gasteiger partial charge is 0.0950 e. The van der Waals surface area contributed by atoms with Crippen LogP contribution in [0.15, 0.2) is 12.1 Å². The second-order valence-electron chi connectivity index (χ2n) is 4.59. The van der Waals surface area contributed by atoms with E-state index in [0.717, 1.165) is 23.7 Å². The summed E-state index contributed by atoms with van der Waals surface area (Å²) in [6, 6.07) is 3.99. The van der Waals surface area contributed by atoms with Crippen LogP contribution < -0.4 is 10.6 Å². The maximum absolute atomic E-state index is 5.93. The van der Waals surface area contributed by atoms with E-state index >= 15 is 0 Å². The molecule has 0 aliphatic heterocycles. The first-order valence-electron chi connectivity index (χ1n) is 5.14. The molecule has 0 aromatic carbocycles. The third-order valence-corrected chi connectivity index (χ3v) is 3.60. The largest absolute Gasteiger partial charge is 0.366 e. The Hall–Kier alpha value is -0.250. The summed E-state index contributed by atoms with van der Waals surface area (Å²) in [5.74, 6) is 0. The van der Waals surface area contributed by atoms with Gasteiger partial charge in [-0.25, -0.2) is 0 Å². The van der Waals surface area contributed by atoms with Crippen LogP contribution in [0.25, 0.3) is 0 Å². The number of halogens is 1. The molecule has 1 aromatic rings. The highest BCUT2D eigenvalue weighted by Crippen LogP contribution is 2.28. The van der Waals surface area contributed by atoms with Crippen LogP contribution in [0.4, 0.5) is 5.00 Å². The first-order chi connectivity index (χ1) is 6.88. The number of nitrogens with two attached hydrogens (primary N) is 1. The Kier molecular flexibility index (Phi) is 4.44. The molecule has 0 aliphatic carbocycles. The molecule has 0 bridgehead atoms. The minimum Gasteiger partial charge on any atom is -0.366 e. The van der Waals surface area contributed by atoms with Crippen LogP contribution in [0.5, 0.6) is 0 Å². The molecular weight excluding hydrogens is 228 g/mol. The summed E-state index contributed by atoms with van der Waals surface area (Å²) < 4.78 is 0.844. The lowest BCUT2D eigenvalue weighted by Crippen LogP contribution is -2.33. The molecule has 15 heavy (non-hydrogen) atoms.